The molecule has 0 radical (unpaired) electrons. The Morgan fingerprint density at radius 2 is 1.49 bits per heavy atom. The van der Waals surface area contributed by atoms with Gasteiger partial charge in [-0.05, 0) is 36.8 Å². The van der Waals surface area contributed by atoms with Crippen molar-refractivity contribution >= 4 is 34.6 Å². The number of piperazine rings is 1. The summed E-state index contributed by atoms with van der Waals surface area (Å²) in [5.74, 6) is -0.543. The first-order valence-corrected chi connectivity index (χ1v) is 13.1. The molecule has 2 aliphatic rings. The van der Waals surface area contributed by atoms with Gasteiger partial charge in [0.15, 0.2) is 0 Å². The second-order valence-electron chi connectivity index (χ2n) is 9.64. The second-order valence-corrected chi connectivity index (χ2v) is 9.64. The van der Waals surface area contributed by atoms with E-state index in [4.69, 9.17) is 38.1 Å². The first-order chi connectivity index (χ1) is 18.7. The van der Waals surface area contributed by atoms with Gasteiger partial charge in [-0.2, -0.15) is 0 Å². The number of benzene rings is 2. The lowest BCUT2D eigenvalue weighted by Gasteiger charge is -2.34. The van der Waals surface area contributed by atoms with Gasteiger partial charge in [0.25, 0.3) is 11.8 Å². The molecule has 2 amide bonds. The molecule has 2 aromatic carbocycles. The normalized spacial score (nSPS) is 16.4. The van der Waals surface area contributed by atoms with E-state index in [1.165, 1.54) is 0 Å². The fraction of sp³-hybridized carbons (Fsp3) is 0.481. The van der Waals surface area contributed by atoms with E-state index in [1.54, 1.807) is 37.4 Å². The second kappa shape index (κ2) is 14.5. The molecule has 0 spiro atoms. The summed E-state index contributed by atoms with van der Waals surface area (Å²) in [6, 6.07) is 8.29. The number of amides is 2. The minimum Gasteiger partial charge on any atom is -0.399 e. The third-order valence-corrected chi connectivity index (χ3v) is 7.02. The average molecular weight is 543 g/mol. The molecule has 2 fully saturated rings. The third kappa shape index (κ3) is 8.45. The van der Waals surface area contributed by atoms with E-state index >= 15 is 0 Å². The minimum atomic E-state index is -0.523. The van der Waals surface area contributed by atoms with Crippen molar-refractivity contribution in [2.75, 3.05) is 102 Å². The molecule has 12 nitrogen and oxygen atoms in total. The van der Waals surface area contributed by atoms with Crippen LogP contribution in [-0.2, 0) is 15.9 Å². The van der Waals surface area contributed by atoms with Gasteiger partial charge in [0.2, 0.25) is 0 Å². The molecule has 2 aliphatic heterocycles. The summed E-state index contributed by atoms with van der Waals surface area (Å²) in [6.07, 6.45) is 0.707. The van der Waals surface area contributed by atoms with Gasteiger partial charge in [-0.25, -0.2) is 0 Å². The first-order valence-electron chi connectivity index (χ1n) is 13.1. The number of primary amides is 1. The number of morpholine rings is 1. The molecule has 10 N–H and O–H groups in total. The summed E-state index contributed by atoms with van der Waals surface area (Å²) < 4.78 is 10.4. The Kier molecular flexibility index (Phi) is 11.2. The SMILES string of the molecule is COCCN1CCN(C(=O)c2ccc(N)cc2N)CC1.NC(=O)c1ccc(N)c(CCN2CCOCC2)c1N. The number of ether oxygens (including phenoxy) is 2. The molecule has 12 heteroatoms. The maximum absolute atomic E-state index is 12.4. The number of carbonyl (C=O) groups is 2. The van der Waals surface area contributed by atoms with Gasteiger partial charge in [-0.3, -0.25) is 19.4 Å². The van der Waals surface area contributed by atoms with Crippen LogP contribution in [0.5, 0.6) is 0 Å². The molecule has 0 unspecified atom stereocenters. The third-order valence-electron chi connectivity index (χ3n) is 7.02. The number of nitrogens with zero attached hydrogens (tertiary/aromatic N) is 3. The lowest BCUT2D eigenvalue weighted by molar-refractivity contribution is 0.0385. The number of carbonyl (C=O) groups excluding carboxylic acids is 2. The molecule has 0 saturated carbocycles. The van der Waals surface area contributed by atoms with E-state index < -0.39 is 5.91 Å². The summed E-state index contributed by atoms with van der Waals surface area (Å²) in [7, 11) is 1.70. The zero-order chi connectivity index (χ0) is 28.4. The van der Waals surface area contributed by atoms with Gasteiger partial charge in [-0.1, -0.05) is 0 Å². The van der Waals surface area contributed by atoms with E-state index in [-0.39, 0.29) is 5.91 Å². The summed E-state index contributed by atoms with van der Waals surface area (Å²) in [6.45, 7) is 8.97. The van der Waals surface area contributed by atoms with E-state index in [2.05, 4.69) is 9.80 Å². The Labute approximate surface area is 229 Å². The van der Waals surface area contributed by atoms with Crippen LogP contribution >= 0.6 is 0 Å². The van der Waals surface area contributed by atoms with Gasteiger partial charge < -0.3 is 43.0 Å². The summed E-state index contributed by atoms with van der Waals surface area (Å²) in [5.41, 5.74) is 32.4. The Hall–Kier alpha value is -3.58. The van der Waals surface area contributed by atoms with Gasteiger partial charge in [-0.15, -0.1) is 0 Å². The zero-order valence-corrected chi connectivity index (χ0v) is 22.7. The van der Waals surface area contributed by atoms with Crippen LogP contribution in [0, 0.1) is 0 Å². The molecule has 0 aromatic heterocycles. The highest BCUT2D eigenvalue weighted by Crippen LogP contribution is 2.24. The monoisotopic (exact) mass is 542 g/mol. The van der Waals surface area contributed by atoms with Gasteiger partial charge in [0.05, 0.1) is 30.9 Å². The van der Waals surface area contributed by atoms with Crippen LogP contribution in [0.2, 0.25) is 0 Å². The molecule has 2 saturated heterocycles. The molecule has 2 aromatic rings. The van der Waals surface area contributed by atoms with Crippen LogP contribution in [0.25, 0.3) is 0 Å². The Morgan fingerprint density at radius 3 is 2.10 bits per heavy atom. The maximum Gasteiger partial charge on any atom is 0.256 e. The fourth-order valence-corrected chi connectivity index (χ4v) is 4.61. The Bertz CT molecular complexity index is 1120. The molecule has 0 atom stereocenters. The molecule has 0 bridgehead atoms. The van der Waals surface area contributed by atoms with Crippen molar-refractivity contribution in [1.82, 2.24) is 14.7 Å². The number of nitrogens with two attached hydrogens (primary N) is 5. The molecular weight excluding hydrogens is 500 g/mol. The van der Waals surface area contributed by atoms with Crippen LogP contribution in [0.1, 0.15) is 26.3 Å². The van der Waals surface area contributed by atoms with Crippen molar-refractivity contribution in [1.29, 1.82) is 0 Å². The number of anilines is 4. The highest BCUT2D eigenvalue weighted by Gasteiger charge is 2.23. The Morgan fingerprint density at radius 1 is 0.846 bits per heavy atom. The topological polar surface area (TPSA) is 192 Å². The van der Waals surface area contributed by atoms with Crippen LogP contribution in [0.3, 0.4) is 0 Å². The van der Waals surface area contributed by atoms with Crippen molar-refractivity contribution < 1.29 is 19.1 Å². The van der Waals surface area contributed by atoms with Crippen molar-refractivity contribution in [2.45, 2.75) is 6.42 Å². The zero-order valence-electron chi connectivity index (χ0n) is 22.7. The largest absolute Gasteiger partial charge is 0.399 e. The number of nitrogen functional groups attached to an aromatic ring is 4. The number of hydrogen-bond donors (Lipinski definition) is 5. The summed E-state index contributed by atoms with van der Waals surface area (Å²) in [5, 5.41) is 0. The number of methoxy groups -OCH3 is 1. The average Bonchev–Trinajstić information content (AvgIpc) is 2.92. The lowest BCUT2D eigenvalue weighted by Crippen LogP contribution is -2.49. The molecule has 0 aliphatic carbocycles. The summed E-state index contributed by atoms with van der Waals surface area (Å²) >= 11 is 0. The maximum atomic E-state index is 12.4. The molecule has 39 heavy (non-hydrogen) atoms. The van der Waals surface area contributed by atoms with Crippen LogP contribution in [-0.4, -0.2) is 106 Å². The van der Waals surface area contributed by atoms with Crippen LogP contribution in [0.4, 0.5) is 22.7 Å². The molecule has 4 rings (SSSR count). The summed E-state index contributed by atoms with van der Waals surface area (Å²) in [4.78, 5) is 30.1. The van der Waals surface area contributed by atoms with Crippen molar-refractivity contribution in [2.24, 2.45) is 5.73 Å². The predicted molar refractivity (Wildman–Crippen MR) is 154 cm³/mol. The smallest absolute Gasteiger partial charge is 0.256 e. The first kappa shape index (κ1) is 30.0. The minimum absolute atomic E-state index is 0.0195. The van der Waals surface area contributed by atoms with Crippen molar-refractivity contribution in [3.8, 4) is 0 Å². The highest BCUT2D eigenvalue weighted by atomic mass is 16.5. The fourth-order valence-electron chi connectivity index (χ4n) is 4.61. The van der Waals surface area contributed by atoms with Gasteiger partial charge >= 0.3 is 0 Å². The van der Waals surface area contributed by atoms with E-state index in [9.17, 15) is 9.59 Å². The number of hydrogen-bond acceptors (Lipinski definition) is 10. The van der Waals surface area contributed by atoms with Crippen LogP contribution in [0.15, 0.2) is 30.3 Å². The standard InChI is InChI=1S/C14H22N4O2.C13H20N4O2/c1-20-9-8-17-4-6-18(7-5-17)14(19)12-3-2-11(15)10-13(12)16;14-11-2-1-10(13(16)18)12(15)9(11)3-4-17-5-7-19-8-6-17/h2-3,10H,4-9,15-16H2,1H3;1-2H,3-8,14-15H2,(H2,16,18). The quantitative estimate of drug-likeness (QED) is 0.285. The molecular formula is C27H42N8O4. The number of rotatable bonds is 8. The lowest BCUT2D eigenvalue weighted by atomic mass is 10.0. The Balaban J connectivity index is 0.000000216. The van der Waals surface area contributed by atoms with Gasteiger partial charge in [0, 0.05) is 87.8 Å². The molecule has 214 valence electrons. The van der Waals surface area contributed by atoms with Crippen molar-refractivity contribution in [3.05, 3.63) is 47.0 Å². The van der Waals surface area contributed by atoms with Crippen molar-refractivity contribution in [3.63, 3.8) is 0 Å². The van der Waals surface area contributed by atoms with E-state index in [0.717, 1.165) is 64.7 Å². The van der Waals surface area contributed by atoms with E-state index in [1.807, 2.05) is 4.90 Å². The molecule has 2 heterocycles. The predicted octanol–water partition coefficient (Wildman–Crippen LogP) is 0.0798. The van der Waals surface area contributed by atoms with E-state index in [0.29, 0.717) is 53.4 Å². The highest BCUT2D eigenvalue weighted by molar-refractivity contribution is 6.00. The van der Waals surface area contributed by atoms with Gasteiger partial charge in [0.1, 0.15) is 0 Å². The van der Waals surface area contributed by atoms with Crippen LogP contribution < -0.4 is 28.7 Å².